The number of rotatable bonds is 4. The van der Waals surface area contributed by atoms with Gasteiger partial charge in [0.15, 0.2) is 0 Å². The van der Waals surface area contributed by atoms with E-state index in [2.05, 4.69) is 15.5 Å². The molecule has 0 unspecified atom stereocenters. The fraction of sp³-hybridized carbons (Fsp3) is 0.105. The third-order valence-corrected chi connectivity index (χ3v) is 4.32. The summed E-state index contributed by atoms with van der Waals surface area (Å²) in [6.45, 7) is 3.95. The average Bonchev–Trinajstić information content (AvgIpc) is 2.88. The van der Waals surface area contributed by atoms with E-state index in [1.807, 2.05) is 36.6 Å². The van der Waals surface area contributed by atoms with Gasteiger partial charge >= 0.3 is 0 Å². The van der Waals surface area contributed by atoms with Crippen molar-refractivity contribution in [3.05, 3.63) is 81.4 Å². The van der Waals surface area contributed by atoms with Gasteiger partial charge in [-0.3, -0.25) is 9.78 Å². The summed E-state index contributed by atoms with van der Waals surface area (Å²) in [4.78, 5) is 15.9. The number of nitrogens with one attached hydrogen (secondary N) is 1. The summed E-state index contributed by atoms with van der Waals surface area (Å²) in [7, 11) is 0. The number of benzene rings is 1. The summed E-state index contributed by atoms with van der Waals surface area (Å²) in [6.07, 6.45) is 4.73. The van der Waals surface area contributed by atoms with Gasteiger partial charge in [0.25, 0.3) is 5.91 Å². The van der Waals surface area contributed by atoms with E-state index in [0.29, 0.717) is 15.6 Å². The van der Waals surface area contributed by atoms with Crippen molar-refractivity contribution in [3.8, 4) is 5.69 Å². The van der Waals surface area contributed by atoms with Crippen molar-refractivity contribution in [1.29, 1.82) is 0 Å². The number of hydrazone groups is 1. The monoisotopic (exact) mass is 386 g/mol. The van der Waals surface area contributed by atoms with Crippen LogP contribution < -0.4 is 5.43 Å². The highest BCUT2D eigenvalue weighted by Crippen LogP contribution is 2.25. The maximum Gasteiger partial charge on any atom is 0.271 e. The molecule has 5 nitrogen and oxygen atoms in total. The summed E-state index contributed by atoms with van der Waals surface area (Å²) in [5, 5.41) is 5.19. The number of hydrogen-bond donors (Lipinski definition) is 1. The van der Waals surface area contributed by atoms with Crippen molar-refractivity contribution in [2.45, 2.75) is 13.8 Å². The standard InChI is InChI=1S/C19H16Cl2N4O/c1-12-7-15(11-23-24-19(26)14-3-5-22-6-4-14)13(2)25(12)18-9-16(20)8-17(21)10-18/h3-11H,1-2H3,(H,24,26)/b23-11+. The SMILES string of the molecule is Cc1cc(/C=N/NC(=O)c2ccncc2)c(C)n1-c1cc(Cl)cc(Cl)c1. The van der Waals surface area contributed by atoms with Crippen LogP contribution in [0.5, 0.6) is 0 Å². The lowest BCUT2D eigenvalue weighted by molar-refractivity contribution is 0.0955. The van der Waals surface area contributed by atoms with Crippen LogP contribution in [-0.4, -0.2) is 21.7 Å². The van der Waals surface area contributed by atoms with Crippen LogP contribution in [0.3, 0.4) is 0 Å². The normalized spacial score (nSPS) is 11.1. The van der Waals surface area contributed by atoms with Crippen molar-refractivity contribution in [3.63, 3.8) is 0 Å². The molecular weight excluding hydrogens is 371 g/mol. The van der Waals surface area contributed by atoms with Gasteiger partial charge in [0.2, 0.25) is 0 Å². The van der Waals surface area contributed by atoms with Gasteiger partial charge < -0.3 is 4.57 Å². The molecule has 2 heterocycles. The molecule has 0 spiro atoms. The minimum Gasteiger partial charge on any atom is -0.318 e. The Morgan fingerprint density at radius 3 is 2.42 bits per heavy atom. The fourth-order valence-corrected chi connectivity index (χ4v) is 3.23. The molecule has 0 saturated carbocycles. The van der Waals surface area contributed by atoms with Crippen molar-refractivity contribution in [2.24, 2.45) is 5.10 Å². The summed E-state index contributed by atoms with van der Waals surface area (Å²) in [5.41, 5.74) is 6.73. The Morgan fingerprint density at radius 2 is 1.77 bits per heavy atom. The second-order valence-electron chi connectivity index (χ2n) is 5.72. The number of hydrogen-bond acceptors (Lipinski definition) is 3. The van der Waals surface area contributed by atoms with Gasteiger partial charge in [0.05, 0.1) is 6.21 Å². The molecule has 1 amide bonds. The van der Waals surface area contributed by atoms with E-state index in [0.717, 1.165) is 22.6 Å². The third-order valence-electron chi connectivity index (χ3n) is 3.89. The third kappa shape index (κ3) is 3.95. The Labute approximate surface area is 161 Å². The van der Waals surface area contributed by atoms with Gasteiger partial charge in [0.1, 0.15) is 0 Å². The molecule has 132 valence electrons. The predicted molar refractivity (Wildman–Crippen MR) is 105 cm³/mol. The lowest BCUT2D eigenvalue weighted by Gasteiger charge is -2.10. The van der Waals surface area contributed by atoms with Gasteiger partial charge in [-0.1, -0.05) is 23.2 Å². The smallest absolute Gasteiger partial charge is 0.271 e. The number of aryl methyl sites for hydroxylation is 1. The topological polar surface area (TPSA) is 59.3 Å². The first kappa shape index (κ1) is 18.2. The molecule has 3 rings (SSSR count). The molecule has 0 aliphatic rings. The molecule has 1 aromatic carbocycles. The number of carbonyl (C=O) groups excluding carboxylic acids is 1. The van der Waals surface area contributed by atoms with E-state index in [9.17, 15) is 4.79 Å². The minimum absolute atomic E-state index is 0.293. The van der Waals surface area contributed by atoms with Crippen LogP contribution >= 0.6 is 23.2 Å². The highest BCUT2D eigenvalue weighted by Gasteiger charge is 2.11. The molecule has 0 saturated heterocycles. The molecular formula is C19H16Cl2N4O. The van der Waals surface area contributed by atoms with Gasteiger partial charge in [-0.25, -0.2) is 5.43 Å². The first-order valence-electron chi connectivity index (χ1n) is 7.84. The molecule has 26 heavy (non-hydrogen) atoms. The van der Waals surface area contributed by atoms with E-state index >= 15 is 0 Å². The maximum absolute atomic E-state index is 12.0. The molecule has 0 bridgehead atoms. The second kappa shape index (κ2) is 7.72. The van der Waals surface area contributed by atoms with Crippen LogP contribution in [0, 0.1) is 13.8 Å². The molecule has 3 aromatic rings. The molecule has 0 radical (unpaired) electrons. The molecule has 0 aliphatic heterocycles. The fourth-order valence-electron chi connectivity index (χ4n) is 2.71. The van der Waals surface area contributed by atoms with E-state index in [-0.39, 0.29) is 5.91 Å². The predicted octanol–water partition coefficient (Wildman–Crippen LogP) is 4.56. The van der Waals surface area contributed by atoms with Gasteiger partial charge in [-0.05, 0) is 50.2 Å². The largest absolute Gasteiger partial charge is 0.318 e. The Bertz CT molecular complexity index is 960. The lowest BCUT2D eigenvalue weighted by atomic mass is 10.2. The van der Waals surface area contributed by atoms with Gasteiger partial charge in [-0.15, -0.1) is 0 Å². The Balaban J connectivity index is 1.83. The van der Waals surface area contributed by atoms with Gasteiger partial charge in [-0.2, -0.15) is 5.10 Å². The van der Waals surface area contributed by atoms with Crippen molar-refractivity contribution < 1.29 is 4.79 Å². The van der Waals surface area contributed by atoms with Crippen LogP contribution in [0.1, 0.15) is 27.3 Å². The summed E-state index contributed by atoms with van der Waals surface area (Å²) < 4.78 is 2.03. The Kier molecular flexibility index (Phi) is 5.40. The van der Waals surface area contributed by atoms with E-state index in [4.69, 9.17) is 23.2 Å². The highest BCUT2D eigenvalue weighted by atomic mass is 35.5. The van der Waals surface area contributed by atoms with Gasteiger partial charge in [0, 0.05) is 50.6 Å². The summed E-state index contributed by atoms with van der Waals surface area (Å²) in [5.74, 6) is -0.293. The summed E-state index contributed by atoms with van der Waals surface area (Å²) in [6, 6.07) is 10.6. The number of aromatic nitrogens is 2. The highest BCUT2D eigenvalue weighted by molar-refractivity contribution is 6.34. The number of nitrogens with zero attached hydrogens (tertiary/aromatic N) is 3. The van der Waals surface area contributed by atoms with Crippen LogP contribution in [0.4, 0.5) is 0 Å². The summed E-state index contributed by atoms with van der Waals surface area (Å²) >= 11 is 12.2. The average molecular weight is 387 g/mol. The Morgan fingerprint density at radius 1 is 1.12 bits per heavy atom. The number of pyridine rings is 1. The zero-order chi connectivity index (χ0) is 18.7. The zero-order valence-corrected chi connectivity index (χ0v) is 15.7. The number of amides is 1. The van der Waals surface area contributed by atoms with E-state index in [1.54, 1.807) is 36.8 Å². The number of carbonyl (C=O) groups is 1. The zero-order valence-electron chi connectivity index (χ0n) is 14.2. The van der Waals surface area contributed by atoms with Crippen molar-refractivity contribution >= 4 is 35.3 Å². The van der Waals surface area contributed by atoms with Crippen molar-refractivity contribution in [2.75, 3.05) is 0 Å². The first-order valence-corrected chi connectivity index (χ1v) is 8.60. The molecule has 0 atom stereocenters. The molecule has 0 fully saturated rings. The van der Waals surface area contributed by atoms with E-state index in [1.165, 1.54) is 0 Å². The quantitative estimate of drug-likeness (QED) is 0.527. The first-order chi connectivity index (χ1) is 12.5. The maximum atomic E-state index is 12.0. The molecule has 2 aromatic heterocycles. The van der Waals surface area contributed by atoms with Crippen LogP contribution in [-0.2, 0) is 0 Å². The lowest BCUT2D eigenvalue weighted by Crippen LogP contribution is -2.17. The Hall–Kier alpha value is -2.63. The molecule has 0 aliphatic carbocycles. The van der Waals surface area contributed by atoms with Crippen molar-refractivity contribution in [1.82, 2.24) is 15.0 Å². The second-order valence-corrected chi connectivity index (χ2v) is 6.60. The molecule has 7 heteroatoms. The van der Waals surface area contributed by atoms with E-state index < -0.39 is 0 Å². The molecule has 1 N–H and O–H groups in total. The minimum atomic E-state index is -0.293. The number of halogens is 2. The van der Waals surface area contributed by atoms with Crippen LogP contribution in [0.25, 0.3) is 5.69 Å². The van der Waals surface area contributed by atoms with Crippen LogP contribution in [0.2, 0.25) is 10.0 Å². The van der Waals surface area contributed by atoms with Crippen LogP contribution in [0.15, 0.2) is 53.9 Å².